The van der Waals surface area contributed by atoms with E-state index in [0.717, 1.165) is 37.1 Å². The molecule has 0 aliphatic carbocycles. The third kappa shape index (κ3) is 3.81. The van der Waals surface area contributed by atoms with Gasteiger partial charge in [0, 0.05) is 19.6 Å². The fourth-order valence-electron chi connectivity index (χ4n) is 2.71. The van der Waals surface area contributed by atoms with E-state index in [2.05, 4.69) is 0 Å². The molecule has 1 aliphatic heterocycles. The molecule has 2 rings (SSSR count). The van der Waals surface area contributed by atoms with E-state index in [-0.39, 0.29) is 12.0 Å². The van der Waals surface area contributed by atoms with Gasteiger partial charge in [-0.05, 0) is 36.8 Å². The van der Waals surface area contributed by atoms with Gasteiger partial charge in [0.15, 0.2) is 0 Å². The van der Waals surface area contributed by atoms with Crippen LogP contribution in [0.15, 0.2) is 24.3 Å². The van der Waals surface area contributed by atoms with Crippen molar-refractivity contribution in [2.24, 2.45) is 11.7 Å². The van der Waals surface area contributed by atoms with E-state index in [9.17, 15) is 9.90 Å². The average Bonchev–Trinajstić information content (AvgIpc) is 2.48. The maximum absolute atomic E-state index is 12.2. The summed E-state index contributed by atoms with van der Waals surface area (Å²) in [5.74, 6) is 0.512. The SMILES string of the molecule is CC(O)C1CCN(C(=O)Cc2ccc(CN)cc2)CC1. The zero-order chi connectivity index (χ0) is 14.5. The van der Waals surface area contributed by atoms with Gasteiger partial charge in [0.05, 0.1) is 12.5 Å². The minimum absolute atomic E-state index is 0.176. The van der Waals surface area contributed by atoms with Crippen molar-refractivity contribution in [3.05, 3.63) is 35.4 Å². The number of amides is 1. The highest BCUT2D eigenvalue weighted by atomic mass is 16.3. The first kappa shape index (κ1) is 15.0. The molecule has 1 fully saturated rings. The number of hydrogen-bond donors (Lipinski definition) is 2. The van der Waals surface area contributed by atoms with Gasteiger partial charge in [-0.2, -0.15) is 0 Å². The quantitative estimate of drug-likeness (QED) is 0.871. The summed E-state index contributed by atoms with van der Waals surface area (Å²) in [5.41, 5.74) is 7.67. The van der Waals surface area contributed by atoms with E-state index in [4.69, 9.17) is 5.73 Å². The highest BCUT2D eigenvalue weighted by Gasteiger charge is 2.25. The standard InChI is InChI=1S/C16H24N2O2/c1-12(19)15-6-8-18(9-7-15)16(20)10-13-2-4-14(11-17)5-3-13/h2-5,12,15,19H,6-11,17H2,1H3. The lowest BCUT2D eigenvalue weighted by Crippen LogP contribution is -2.41. The van der Waals surface area contributed by atoms with Crippen molar-refractivity contribution < 1.29 is 9.90 Å². The van der Waals surface area contributed by atoms with Crippen LogP contribution in [0.5, 0.6) is 0 Å². The molecule has 1 heterocycles. The summed E-state index contributed by atoms with van der Waals surface area (Å²) in [6.45, 7) is 3.88. The molecule has 0 bridgehead atoms. The Labute approximate surface area is 120 Å². The predicted octanol–water partition coefficient (Wildman–Crippen LogP) is 1.31. The van der Waals surface area contributed by atoms with Crippen LogP contribution in [0.2, 0.25) is 0 Å². The van der Waals surface area contributed by atoms with Gasteiger partial charge in [-0.25, -0.2) is 0 Å². The van der Waals surface area contributed by atoms with Crippen LogP contribution in [0.25, 0.3) is 0 Å². The molecular weight excluding hydrogens is 252 g/mol. The number of aliphatic hydroxyl groups excluding tert-OH is 1. The second kappa shape index (κ2) is 6.86. The van der Waals surface area contributed by atoms with E-state index in [1.165, 1.54) is 0 Å². The van der Waals surface area contributed by atoms with Gasteiger partial charge in [0.25, 0.3) is 0 Å². The Bertz CT molecular complexity index is 434. The molecule has 110 valence electrons. The zero-order valence-corrected chi connectivity index (χ0v) is 12.1. The third-order valence-corrected chi connectivity index (χ3v) is 4.19. The van der Waals surface area contributed by atoms with Crippen LogP contribution in [0.3, 0.4) is 0 Å². The van der Waals surface area contributed by atoms with Crippen molar-refractivity contribution in [1.82, 2.24) is 4.90 Å². The normalized spacial score (nSPS) is 18.1. The minimum atomic E-state index is -0.268. The van der Waals surface area contributed by atoms with Crippen molar-refractivity contribution in [3.8, 4) is 0 Å². The summed E-state index contributed by atoms with van der Waals surface area (Å²) >= 11 is 0. The van der Waals surface area contributed by atoms with Gasteiger partial charge >= 0.3 is 0 Å². The van der Waals surface area contributed by atoms with Crippen molar-refractivity contribution in [2.75, 3.05) is 13.1 Å². The minimum Gasteiger partial charge on any atom is -0.393 e. The monoisotopic (exact) mass is 276 g/mol. The zero-order valence-electron chi connectivity index (χ0n) is 12.1. The molecule has 1 saturated heterocycles. The third-order valence-electron chi connectivity index (χ3n) is 4.19. The Morgan fingerprint density at radius 2 is 1.85 bits per heavy atom. The molecule has 1 aliphatic rings. The largest absolute Gasteiger partial charge is 0.393 e. The first-order valence-corrected chi connectivity index (χ1v) is 7.34. The Hall–Kier alpha value is -1.39. The number of likely N-dealkylation sites (tertiary alicyclic amines) is 1. The highest BCUT2D eigenvalue weighted by molar-refractivity contribution is 5.78. The molecule has 1 aromatic carbocycles. The van der Waals surface area contributed by atoms with Crippen molar-refractivity contribution >= 4 is 5.91 Å². The van der Waals surface area contributed by atoms with Crippen LogP contribution in [0.1, 0.15) is 30.9 Å². The molecule has 4 nitrogen and oxygen atoms in total. The molecule has 1 unspecified atom stereocenters. The number of carbonyl (C=O) groups is 1. The number of nitrogens with zero attached hydrogens (tertiary/aromatic N) is 1. The topological polar surface area (TPSA) is 66.6 Å². The van der Waals surface area contributed by atoms with Gasteiger partial charge in [-0.15, -0.1) is 0 Å². The van der Waals surface area contributed by atoms with Crippen LogP contribution in [-0.2, 0) is 17.8 Å². The van der Waals surface area contributed by atoms with Crippen molar-refractivity contribution in [3.63, 3.8) is 0 Å². The van der Waals surface area contributed by atoms with E-state index < -0.39 is 0 Å². The molecule has 0 aromatic heterocycles. The van der Waals surface area contributed by atoms with Gasteiger partial charge in [0.2, 0.25) is 5.91 Å². The number of benzene rings is 1. The van der Waals surface area contributed by atoms with E-state index in [1.54, 1.807) is 0 Å². The smallest absolute Gasteiger partial charge is 0.226 e. The van der Waals surface area contributed by atoms with Gasteiger partial charge in [-0.1, -0.05) is 24.3 Å². The summed E-state index contributed by atoms with van der Waals surface area (Å²) < 4.78 is 0. The lowest BCUT2D eigenvalue weighted by molar-refractivity contribution is -0.132. The number of aliphatic hydroxyl groups is 1. The molecular formula is C16H24N2O2. The summed E-state index contributed by atoms with van der Waals surface area (Å²) in [6.07, 6.45) is 1.98. The summed E-state index contributed by atoms with van der Waals surface area (Å²) in [7, 11) is 0. The van der Waals surface area contributed by atoms with Crippen LogP contribution in [0.4, 0.5) is 0 Å². The lowest BCUT2D eigenvalue weighted by Gasteiger charge is -2.33. The molecule has 1 atom stereocenters. The average molecular weight is 276 g/mol. The Morgan fingerprint density at radius 1 is 1.30 bits per heavy atom. The predicted molar refractivity (Wildman–Crippen MR) is 79.0 cm³/mol. The molecule has 1 aromatic rings. The molecule has 4 heteroatoms. The molecule has 0 saturated carbocycles. The second-order valence-electron chi connectivity index (χ2n) is 5.66. The van der Waals surface area contributed by atoms with E-state index in [0.29, 0.717) is 18.9 Å². The number of hydrogen-bond acceptors (Lipinski definition) is 3. The second-order valence-corrected chi connectivity index (χ2v) is 5.66. The van der Waals surface area contributed by atoms with Crippen LogP contribution in [-0.4, -0.2) is 35.1 Å². The fourth-order valence-corrected chi connectivity index (χ4v) is 2.71. The first-order chi connectivity index (χ1) is 9.60. The first-order valence-electron chi connectivity index (χ1n) is 7.34. The number of piperidine rings is 1. The summed E-state index contributed by atoms with van der Waals surface area (Å²) in [6, 6.07) is 7.90. The van der Waals surface area contributed by atoms with Gasteiger partial charge in [0.1, 0.15) is 0 Å². The summed E-state index contributed by atoms with van der Waals surface area (Å²) in [4.78, 5) is 14.1. The van der Waals surface area contributed by atoms with Gasteiger partial charge < -0.3 is 15.7 Å². The number of rotatable bonds is 4. The Balaban J connectivity index is 1.86. The Kier molecular flexibility index (Phi) is 5.15. The van der Waals surface area contributed by atoms with E-state index >= 15 is 0 Å². The fraction of sp³-hybridized carbons (Fsp3) is 0.562. The molecule has 20 heavy (non-hydrogen) atoms. The van der Waals surface area contributed by atoms with Gasteiger partial charge in [-0.3, -0.25) is 4.79 Å². The Morgan fingerprint density at radius 3 is 2.35 bits per heavy atom. The summed E-state index contributed by atoms with van der Waals surface area (Å²) in [5, 5.41) is 9.57. The number of nitrogens with two attached hydrogens (primary N) is 1. The van der Waals surface area contributed by atoms with Crippen molar-refractivity contribution in [1.29, 1.82) is 0 Å². The molecule has 3 N–H and O–H groups in total. The van der Waals surface area contributed by atoms with Crippen molar-refractivity contribution in [2.45, 2.75) is 38.8 Å². The van der Waals surface area contributed by atoms with Crippen LogP contribution >= 0.6 is 0 Å². The molecule has 0 radical (unpaired) electrons. The number of carbonyl (C=O) groups excluding carboxylic acids is 1. The lowest BCUT2D eigenvalue weighted by atomic mass is 9.92. The highest BCUT2D eigenvalue weighted by Crippen LogP contribution is 2.21. The van der Waals surface area contributed by atoms with E-state index in [1.807, 2.05) is 36.1 Å². The molecule has 0 spiro atoms. The maximum atomic E-state index is 12.2. The van der Waals surface area contributed by atoms with Crippen LogP contribution < -0.4 is 5.73 Å². The molecule has 1 amide bonds. The van der Waals surface area contributed by atoms with Crippen LogP contribution in [0, 0.1) is 5.92 Å². The maximum Gasteiger partial charge on any atom is 0.226 e.